The van der Waals surface area contributed by atoms with Crippen molar-refractivity contribution in [1.82, 2.24) is 5.32 Å². The molecule has 4 heteroatoms. The van der Waals surface area contributed by atoms with E-state index in [0.717, 1.165) is 19.7 Å². The van der Waals surface area contributed by atoms with Crippen LogP contribution in [0.2, 0.25) is 0 Å². The summed E-state index contributed by atoms with van der Waals surface area (Å²) in [6.45, 7) is 10.5. The van der Waals surface area contributed by atoms with Crippen molar-refractivity contribution in [3.63, 3.8) is 0 Å². The zero-order valence-corrected chi connectivity index (χ0v) is 11.0. The molecule has 1 unspecified atom stereocenters. The Labute approximate surface area is 99.6 Å². The Morgan fingerprint density at radius 2 is 1.81 bits per heavy atom. The van der Waals surface area contributed by atoms with Crippen LogP contribution in [0.25, 0.3) is 0 Å². The minimum absolute atomic E-state index is 0.151. The van der Waals surface area contributed by atoms with Crippen molar-refractivity contribution in [2.45, 2.75) is 39.9 Å². The number of hydrogen-bond donors (Lipinski definition) is 1. The van der Waals surface area contributed by atoms with Gasteiger partial charge in [0.2, 0.25) is 0 Å². The van der Waals surface area contributed by atoms with Crippen LogP contribution in [0.15, 0.2) is 0 Å². The molecule has 0 radical (unpaired) electrons. The van der Waals surface area contributed by atoms with E-state index >= 15 is 0 Å². The molecule has 0 aromatic rings. The minimum Gasteiger partial charge on any atom is -0.379 e. The lowest BCUT2D eigenvalue weighted by molar-refractivity contribution is -0.144. The molecule has 0 aromatic carbocycles. The Kier molecular flexibility index (Phi) is 12.8. The number of rotatable bonds is 12. The van der Waals surface area contributed by atoms with Crippen molar-refractivity contribution >= 4 is 0 Å². The summed E-state index contributed by atoms with van der Waals surface area (Å²) in [7, 11) is 0. The van der Waals surface area contributed by atoms with Crippen LogP contribution in [0, 0.1) is 0 Å². The first-order valence-electron chi connectivity index (χ1n) is 6.36. The largest absolute Gasteiger partial charge is 0.379 e. The number of ether oxygens (including phenoxy) is 3. The van der Waals surface area contributed by atoms with Crippen molar-refractivity contribution in [2.24, 2.45) is 0 Å². The molecule has 1 atom stereocenters. The lowest BCUT2D eigenvalue weighted by Crippen LogP contribution is -2.33. The van der Waals surface area contributed by atoms with Gasteiger partial charge in [0.1, 0.15) is 0 Å². The maximum atomic E-state index is 5.56. The molecule has 0 aromatic heterocycles. The molecule has 0 aliphatic heterocycles. The molecule has 0 bridgehead atoms. The second-order valence-electron chi connectivity index (χ2n) is 3.51. The molecule has 0 heterocycles. The third-order valence-corrected chi connectivity index (χ3v) is 2.11. The van der Waals surface area contributed by atoms with Crippen LogP contribution in [0.4, 0.5) is 0 Å². The van der Waals surface area contributed by atoms with E-state index in [-0.39, 0.29) is 6.29 Å². The molecule has 0 spiro atoms. The van der Waals surface area contributed by atoms with E-state index < -0.39 is 0 Å². The molecule has 0 amide bonds. The Morgan fingerprint density at radius 1 is 1.00 bits per heavy atom. The molecule has 0 aliphatic carbocycles. The van der Waals surface area contributed by atoms with Gasteiger partial charge in [-0.1, -0.05) is 13.3 Å². The van der Waals surface area contributed by atoms with Gasteiger partial charge in [-0.15, -0.1) is 0 Å². The number of unbranched alkanes of at least 4 members (excludes halogenated alkanes) is 1. The molecular weight excluding hydrogens is 206 g/mol. The van der Waals surface area contributed by atoms with Crippen LogP contribution >= 0.6 is 0 Å². The molecule has 0 saturated heterocycles. The summed E-state index contributed by atoms with van der Waals surface area (Å²) in [5, 5.41) is 3.32. The summed E-state index contributed by atoms with van der Waals surface area (Å²) < 4.78 is 16.2. The van der Waals surface area contributed by atoms with E-state index in [1.165, 1.54) is 12.8 Å². The fraction of sp³-hybridized carbons (Fsp3) is 1.00. The third-order valence-electron chi connectivity index (χ3n) is 2.11. The van der Waals surface area contributed by atoms with Gasteiger partial charge in [0.25, 0.3) is 0 Å². The highest BCUT2D eigenvalue weighted by atomic mass is 16.7. The summed E-state index contributed by atoms with van der Waals surface area (Å²) in [6.07, 6.45) is 2.25. The Balaban J connectivity index is 3.45. The SMILES string of the molecule is CCCCNCC(OCC)OCCOCC. The normalized spacial score (nSPS) is 12.9. The average molecular weight is 233 g/mol. The van der Waals surface area contributed by atoms with Crippen LogP contribution in [-0.4, -0.2) is 45.8 Å². The zero-order valence-electron chi connectivity index (χ0n) is 11.0. The van der Waals surface area contributed by atoms with Gasteiger partial charge in [-0.05, 0) is 26.8 Å². The van der Waals surface area contributed by atoms with Crippen molar-refractivity contribution in [1.29, 1.82) is 0 Å². The standard InChI is InChI=1S/C12H27NO3/c1-4-7-8-13-11-12(15-6-3)16-10-9-14-5-2/h12-13H,4-11H2,1-3H3. The predicted molar refractivity (Wildman–Crippen MR) is 65.6 cm³/mol. The average Bonchev–Trinajstić information content (AvgIpc) is 2.30. The summed E-state index contributed by atoms with van der Waals surface area (Å²) in [5.74, 6) is 0. The smallest absolute Gasteiger partial charge is 0.169 e. The van der Waals surface area contributed by atoms with Crippen molar-refractivity contribution in [2.75, 3.05) is 39.5 Å². The number of hydrogen-bond acceptors (Lipinski definition) is 4. The van der Waals surface area contributed by atoms with Crippen LogP contribution < -0.4 is 5.32 Å². The molecule has 0 aliphatic rings. The molecule has 4 nitrogen and oxygen atoms in total. The first-order valence-corrected chi connectivity index (χ1v) is 6.36. The fourth-order valence-electron chi connectivity index (χ4n) is 1.26. The Bertz CT molecular complexity index is 121. The van der Waals surface area contributed by atoms with E-state index in [9.17, 15) is 0 Å². The predicted octanol–water partition coefficient (Wildman–Crippen LogP) is 1.79. The molecule has 16 heavy (non-hydrogen) atoms. The molecular formula is C12H27NO3. The Hall–Kier alpha value is -0.160. The summed E-state index contributed by atoms with van der Waals surface area (Å²) in [4.78, 5) is 0. The van der Waals surface area contributed by atoms with Gasteiger partial charge in [-0.25, -0.2) is 0 Å². The van der Waals surface area contributed by atoms with E-state index in [1.54, 1.807) is 0 Å². The van der Waals surface area contributed by atoms with Gasteiger partial charge in [0.15, 0.2) is 6.29 Å². The maximum absolute atomic E-state index is 5.56. The lowest BCUT2D eigenvalue weighted by atomic mass is 10.3. The third kappa shape index (κ3) is 10.4. The van der Waals surface area contributed by atoms with Gasteiger partial charge in [-0.2, -0.15) is 0 Å². The summed E-state index contributed by atoms with van der Waals surface area (Å²) in [6, 6.07) is 0. The molecule has 1 N–H and O–H groups in total. The Morgan fingerprint density at radius 3 is 2.44 bits per heavy atom. The van der Waals surface area contributed by atoms with E-state index in [4.69, 9.17) is 14.2 Å². The van der Waals surface area contributed by atoms with Crippen LogP contribution in [0.5, 0.6) is 0 Å². The quantitative estimate of drug-likeness (QED) is 0.412. The second-order valence-corrected chi connectivity index (χ2v) is 3.51. The van der Waals surface area contributed by atoms with Gasteiger partial charge >= 0.3 is 0 Å². The van der Waals surface area contributed by atoms with E-state index in [0.29, 0.717) is 19.8 Å². The van der Waals surface area contributed by atoms with E-state index in [2.05, 4.69) is 12.2 Å². The highest BCUT2D eigenvalue weighted by molar-refractivity contribution is 4.52. The van der Waals surface area contributed by atoms with Gasteiger partial charge in [-0.3, -0.25) is 0 Å². The molecule has 0 fully saturated rings. The van der Waals surface area contributed by atoms with E-state index in [1.807, 2.05) is 13.8 Å². The highest BCUT2D eigenvalue weighted by Crippen LogP contribution is 1.94. The van der Waals surface area contributed by atoms with Crippen LogP contribution in [0.3, 0.4) is 0 Å². The second kappa shape index (κ2) is 12.9. The van der Waals surface area contributed by atoms with Gasteiger partial charge < -0.3 is 19.5 Å². The lowest BCUT2D eigenvalue weighted by Gasteiger charge is -2.18. The topological polar surface area (TPSA) is 39.7 Å². The van der Waals surface area contributed by atoms with Crippen LogP contribution in [-0.2, 0) is 14.2 Å². The first kappa shape index (κ1) is 15.8. The van der Waals surface area contributed by atoms with Gasteiger partial charge in [0.05, 0.1) is 13.2 Å². The van der Waals surface area contributed by atoms with Crippen molar-refractivity contribution in [3.8, 4) is 0 Å². The highest BCUT2D eigenvalue weighted by Gasteiger charge is 2.07. The van der Waals surface area contributed by atoms with Gasteiger partial charge in [0, 0.05) is 19.8 Å². The monoisotopic (exact) mass is 233 g/mol. The number of nitrogens with one attached hydrogen (secondary N) is 1. The summed E-state index contributed by atoms with van der Waals surface area (Å²) in [5.41, 5.74) is 0. The molecule has 98 valence electrons. The maximum Gasteiger partial charge on any atom is 0.169 e. The van der Waals surface area contributed by atoms with Crippen LogP contribution in [0.1, 0.15) is 33.6 Å². The van der Waals surface area contributed by atoms with Crippen molar-refractivity contribution < 1.29 is 14.2 Å². The molecule has 0 rings (SSSR count). The zero-order chi connectivity index (χ0) is 12.1. The first-order chi connectivity index (χ1) is 7.85. The van der Waals surface area contributed by atoms with Crippen molar-refractivity contribution in [3.05, 3.63) is 0 Å². The summed E-state index contributed by atoms with van der Waals surface area (Å²) >= 11 is 0. The minimum atomic E-state index is -0.151. The molecule has 0 saturated carbocycles. The fourth-order valence-corrected chi connectivity index (χ4v) is 1.26.